The molecule has 1 atom stereocenters. The van der Waals surface area contributed by atoms with Crippen LogP contribution in [-0.4, -0.2) is 28.3 Å². The Balaban J connectivity index is 2.72. The molecule has 2 aromatic rings. The standard InChI is InChI=1S/C21H21F6NO4S/c1-18(2,3)33(30)28-19(10-11-29,14-6-4-8-16(12-14)31-20(22,23)24)15-7-5-9-17(13-15)32-21(25,26)27/h4-9,11-13,28H,10H2,1-3H3. The molecular weight excluding hydrogens is 476 g/mol. The Labute approximate surface area is 189 Å². The summed E-state index contributed by atoms with van der Waals surface area (Å²) in [6.07, 6.45) is -10.1. The normalized spacial score (nSPS) is 14.0. The van der Waals surface area contributed by atoms with Crippen LogP contribution in [0.5, 0.6) is 11.5 Å². The Hall–Kier alpha value is -2.44. The smallest absolute Gasteiger partial charge is 0.573 e. The first-order chi connectivity index (χ1) is 15.1. The lowest BCUT2D eigenvalue weighted by Crippen LogP contribution is -2.52. The first-order valence-corrected chi connectivity index (χ1v) is 10.6. The number of carbonyl (C=O) groups excluding carboxylic acids is 1. The van der Waals surface area contributed by atoms with Crippen LogP contribution in [0.15, 0.2) is 48.5 Å². The molecule has 182 valence electrons. The maximum Gasteiger partial charge on any atom is 0.573 e. The molecule has 12 heteroatoms. The fourth-order valence-electron chi connectivity index (χ4n) is 2.92. The molecule has 0 heterocycles. The zero-order valence-corrected chi connectivity index (χ0v) is 18.5. The SMILES string of the molecule is CC(C)(C)[S+]([O-])NC(CC=O)(c1cccc(OC(F)(F)F)c1)c1cccc(OC(F)(F)F)c1. The molecule has 0 bridgehead atoms. The van der Waals surface area contributed by atoms with Gasteiger partial charge in [0, 0.05) is 17.8 Å². The van der Waals surface area contributed by atoms with Gasteiger partial charge in [-0.2, -0.15) is 0 Å². The molecule has 1 N–H and O–H groups in total. The summed E-state index contributed by atoms with van der Waals surface area (Å²) in [6.45, 7) is 4.82. The number of aldehydes is 1. The van der Waals surface area contributed by atoms with Crippen molar-refractivity contribution < 1.29 is 45.2 Å². The van der Waals surface area contributed by atoms with Crippen molar-refractivity contribution in [3.05, 3.63) is 59.7 Å². The number of benzene rings is 2. The highest BCUT2D eigenvalue weighted by atomic mass is 32.2. The minimum absolute atomic E-state index is 0.0121. The molecular formula is C21H21F6NO4S. The van der Waals surface area contributed by atoms with Crippen molar-refractivity contribution in [2.24, 2.45) is 0 Å². The van der Waals surface area contributed by atoms with Gasteiger partial charge in [0.15, 0.2) is 0 Å². The molecule has 33 heavy (non-hydrogen) atoms. The van der Waals surface area contributed by atoms with Gasteiger partial charge < -0.3 is 18.8 Å². The summed E-state index contributed by atoms with van der Waals surface area (Å²) in [5, 5.41) is 0. The molecule has 0 spiro atoms. The van der Waals surface area contributed by atoms with Crippen molar-refractivity contribution in [3.8, 4) is 11.5 Å². The number of rotatable bonds is 8. The summed E-state index contributed by atoms with van der Waals surface area (Å²) in [4.78, 5) is 11.7. The highest BCUT2D eigenvalue weighted by Crippen LogP contribution is 2.39. The number of ether oxygens (including phenoxy) is 2. The molecule has 0 saturated carbocycles. The van der Waals surface area contributed by atoms with Gasteiger partial charge in [0.05, 0.1) is 0 Å². The molecule has 2 aromatic carbocycles. The van der Waals surface area contributed by atoms with Crippen molar-refractivity contribution in [1.29, 1.82) is 0 Å². The van der Waals surface area contributed by atoms with Crippen LogP contribution < -0.4 is 14.2 Å². The highest BCUT2D eigenvalue weighted by molar-refractivity contribution is 7.90. The third kappa shape index (κ3) is 7.54. The molecule has 0 aromatic heterocycles. The summed E-state index contributed by atoms with van der Waals surface area (Å²) < 4.78 is 99.3. The quantitative estimate of drug-likeness (QED) is 0.302. The number of halogens is 6. The summed E-state index contributed by atoms with van der Waals surface area (Å²) in [5.41, 5.74) is -1.74. The third-order valence-electron chi connectivity index (χ3n) is 4.33. The fraction of sp³-hybridized carbons (Fsp3) is 0.381. The Bertz CT molecular complexity index is 899. The molecule has 0 aliphatic heterocycles. The van der Waals surface area contributed by atoms with Gasteiger partial charge in [-0.1, -0.05) is 24.3 Å². The van der Waals surface area contributed by atoms with Crippen LogP contribution in [-0.2, 0) is 21.7 Å². The van der Waals surface area contributed by atoms with Crippen molar-refractivity contribution >= 4 is 17.6 Å². The van der Waals surface area contributed by atoms with Crippen LogP contribution in [0.2, 0.25) is 0 Å². The van der Waals surface area contributed by atoms with E-state index in [0.717, 1.165) is 24.3 Å². The molecule has 0 radical (unpaired) electrons. The minimum Gasteiger partial charge on any atom is -0.598 e. The second-order valence-electron chi connectivity index (χ2n) is 7.91. The van der Waals surface area contributed by atoms with Crippen molar-refractivity contribution in [2.45, 2.75) is 50.2 Å². The van der Waals surface area contributed by atoms with E-state index in [1.165, 1.54) is 24.3 Å². The van der Waals surface area contributed by atoms with Gasteiger partial charge in [-0.15, -0.1) is 31.1 Å². The van der Waals surface area contributed by atoms with E-state index < -0.39 is 52.3 Å². The Kier molecular flexibility index (Phi) is 7.98. The van der Waals surface area contributed by atoms with Crippen molar-refractivity contribution in [1.82, 2.24) is 4.72 Å². The van der Waals surface area contributed by atoms with Crippen LogP contribution >= 0.6 is 0 Å². The Morgan fingerprint density at radius 3 is 1.64 bits per heavy atom. The maximum atomic E-state index is 13.0. The van der Waals surface area contributed by atoms with Crippen LogP contribution in [0.1, 0.15) is 38.3 Å². The van der Waals surface area contributed by atoms with E-state index in [9.17, 15) is 35.7 Å². The van der Waals surface area contributed by atoms with E-state index in [0.29, 0.717) is 6.29 Å². The number of alkyl halides is 6. The molecule has 0 saturated heterocycles. The Morgan fingerprint density at radius 2 is 1.30 bits per heavy atom. The zero-order valence-electron chi connectivity index (χ0n) is 17.7. The van der Waals surface area contributed by atoms with E-state index in [2.05, 4.69) is 14.2 Å². The van der Waals surface area contributed by atoms with Gasteiger partial charge in [-0.3, -0.25) is 0 Å². The first-order valence-electron chi connectivity index (χ1n) is 9.42. The van der Waals surface area contributed by atoms with Gasteiger partial charge in [0.2, 0.25) is 0 Å². The third-order valence-corrected chi connectivity index (χ3v) is 5.98. The van der Waals surface area contributed by atoms with E-state index in [1.54, 1.807) is 20.8 Å². The topological polar surface area (TPSA) is 70.6 Å². The monoisotopic (exact) mass is 497 g/mol. The average Bonchev–Trinajstić information content (AvgIpc) is 2.64. The highest BCUT2D eigenvalue weighted by Gasteiger charge is 2.43. The van der Waals surface area contributed by atoms with E-state index in [4.69, 9.17) is 0 Å². The number of carbonyl (C=O) groups is 1. The minimum atomic E-state index is -5.01. The lowest BCUT2D eigenvalue weighted by atomic mass is 9.81. The van der Waals surface area contributed by atoms with Crippen LogP contribution in [0.3, 0.4) is 0 Å². The largest absolute Gasteiger partial charge is 0.598 e. The summed E-state index contributed by atoms with van der Waals surface area (Å²) in [6, 6.07) is 9.11. The van der Waals surface area contributed by atoms with E-state index in [1.807, 2.05) is 0 Å². The predicted octanol–water partition coefficient (Wildman–Crippen LogP) is 5.37. The zero-order chi connectivity index (χ0) is 25.1. The summed E-state index contributed by atoms with van der Waals surface area (Å²) >= 11 is -1.90. The van der Waals surface area contributed by atoms with Crippen LogP contribution in [0.4, 0.5) is 26.3 Å². The molecule has 2 rings (SSSR count). The number of hydrogen-bond donors (Lipinski definition) is 1. The van der Waals surface area contributed by atoms with E-state index >= 15 is 0 Å². The molecule has 1 unspecified atom stereocenters. The molecule has 0 aliphatic rings. The Morgan fingerprint density at radius 1 is 0.879 bits per heavy atom. The van der Waals surface area contributed by atoms with Gasteiger partial charge in [-0.05, 0) is 56.2 Å². The van der Waals surface area contributed by atoms with Gasteiger partial charge in [0.1, 0.15) is 28.1 Å². The maximum absolute atomic E-state index is 13.0. The van der Waals surface area contributed by atoms with Crippen molar-refractivity contribution in [2.75, 3.05) is 0 Å². The lowest BCUT2D eigenvalue weighted by Gasteiger charge is -2.37. The summed E-state index contributed by atoms with van der Waals surface area (Å²) in [7, 11) is 0. The number of nitrogens with one attached hydrogen (secondary N) is 1. The average molecular weight is 497 g/mol. The lowest BCUT2D eigenvalue weighted by molar-refractivity contribution is -0.275. The van der Waals surface area contributed by atoms with Crippen LogP contribution in [0, 0.1) is 0 Å². The predicted molar refractivity (Wildman–Crippen MR) is 109 cm³/mol. The number of hydrogen-bond acceptors (Lipinski definition) is 5. The van der Waals surface area contributed by atoms with Crippen LogP contribution in [0.25, 0.3) is 0 Å². The fourth-order valence-corrected chi connectivity index (χ4v) is 3.86. The first kappa shape index (κ1) is 26.8. The summed E-state index contributed by atoms with van der Waals surface area (Å²) in [5.74, 6) is -1.25. The second-order valence-corrected chi connectivity index (χ2v) is 9.88. The van der Waals surface area contributed by atoms with Gasteiger partial charge >= 0.3 is 12.7 Å². The van der Waals surface area contributed by atoms with Gasteiger partial charge in [-0.25, -0.2) is 0 Å². The molecule has 0 aliphatic carbocycles. The van der Waals surface area contributed by atoms with Gasteiger partial charge in [0.25, 0.3) is 0 Å². The van der Waals surface area contributed by atoms with Crippen molar-refractivity contribution in [3.63, 3.8) is 0 Å². The molecule has 0 amide bonds. The second kappa shape index (κ2) is 9.82. The van der Waals surface area contributed by atoms with E-state index in [-0.39, 0.29) is 11.1 Å². The molecule has 5 nitrogen and oxygen atoms in total. The molecule has 0 fully saturated rings.